The molecule has 4 heteroatoms. The van der Waals surface area contributed by atoms with Crippen LogP contribution in [0.4, 0.5) is 0 Å². The van der Waals surface area contributed by atoms with Crippen LogP contribution in [0.3, 0.4) is 0 Å². The van der Waals surface area contributed by atoms with Crippen molar-refractivity contribution in [2.75, 3.05) is 13.7 Å². The smallest absolute Gasteiger partial charge is 0.330 e. The third-order valence-corrected chi connectivity index (χ3v) is 3.75. The number of ether oxygens (including phenoxy) is 2. The summed E-state index contributed by atoms with van der Waals surface area (Å²) in [6.45, 7) is 1.11. The van der Waals surface area contributed by atoms with Gasteiger partial charge in [-0.1, -0.05) is 12.5 Å². The van der Waals surface area contributed by atoms with Gasteiger partial charge in [-0.2, -0.15) is 0 Å². The highest BCUT2D eigenvalue weighted by molar-refractivity contribution is 5.82. The van der Waals surface area contributed by atoms with Crippen molar-refractivity contribution in [3.8, 4) is 0 Å². The molecule has 0 radical (unpaired) electrons. The minimum atomic E-state index is -0.225. The van der Waals surface area contributed by atoms with Crippen LogP contribution in [0.5, 0.6) is 0 Å². The van der Waals surface area contributed by atoms with Crippen LogP contribution < -0.4 is 5.32 Å². The zero-order chi connectivity index (χ0) is 12.8. The fourth-order valence-electron chi connectivity index (χ4n) is 2.74. The third-order valence-electron chi connectivity index (χ3n) is 3.75. The molecule has 0 aromatic carbocycles. The quantitative estimate of drug-likeness (QED) is 0.759. The van der Waals surface area contributed by atoms with E-state index >= 15 is 0 Å². The normalized spacial score (nSPS) is 29.9. The number of rotatable bonds is 5. The molecular formula is C14H23NO3. The number of cyclic esters (lactones) is 1. The number of piperidine rings is 1. The van der Waals surface area contributed by atoms with Crippen LogP contribution in [0, 0.1) is 0 Å². The number of esters is 1. The van der Waals surface area contributed by atoms with Crippen LogP contribution in [-0.2, 0) is 14.3 Å². The maximum Gasteiger partial charge on any atom is 0.330 e. The summed E-state index contributed by atoms with van der Waals surface area (Å²) in [5.41, 5.74) is 0. The Labute approximate surface area is 109 Å². The minimum Gasteiger partial charge on any atom is -0.459 e. The van der Waals surface area contributed by atoms with Crippen LogP contribution in [0.2, 0.25) is 0 Å². The third kappa shape index (κ3) is 4.10. The van der Waals surface area contributed by atoms with Crippen molar-refractivity contribution in [2.24, 2.45) is 0 Å². The molecule has 0 aromatic heterocycles. The van der Waals surface area contributed by atoms with E-state index in [1.165, 1.54) is 25.3 Å². The van der Waals surface area contributed by atoms with Crippen molar-refractivity contribution in [1.29, 1.82) is 0 Å². The Morgan fingerprint density at radius 3 is 3.06 bits per heavy atom. The summed E-state index contributed by atoms with van der Waals surface area (Å²) in [7, 11) is 1.74. The molecule has 0 aliphatic carbocycles. The number of methoxy groups -OCH3 is 1. The highest BCUT2D eigenvalue weighted by Gasteiger charge is 2.24. The molecule has 3 atom stereocenters. The fourth-order valence-corrected chi connectivity index (χ4v) is 2.74. The molecule has 1 saturated heterocycles. The molecule has 1 N–H and O–H groups in total. The van der Waals surface area contributed by atoms with Gasteiger partial charge in [-0.05, 0) is 25.8 Å². The zero-order valence-electron chi connectivity index (χ0n) is 11.1. The molecule has 0 bridgehead atoms. The minimum absolute atomic E-state index is 0.0176. The van der Waals surface area contributed by atoms with E-state index in [4.69, 9.17) is 9.47 Å². The van der Waals surface area contributed by atoms with E-state index in [1.807, 2.05) is 6.08 Å². The van der Waals surface area contributed by atoms with E-state index < -0.39 is 0 Å². The first-order valence-electron chi connectivity index (χ1n) is 6.91. The molecule has 0 spiro atoms. The molecule has 0 amide bonds. The summed E-state index contributed by atoms with van der Waals surface area (Å²) in [6.07, 6.45) is 9.96. The lowest BCUT2D eigenvalue weighted by atomic mass is 9.95. The van der Waals surface area contributed by atoms with Gasteiger partial charge in [-0.15, -0.1) is 0 Å². The van der Waals surface area contributed by atoms with Crippen molar-refractivity contribution in [3.63, 3.8) is 0 Å². The summed E-state index contributed by atoms with van der Waals surface area (Å²) in [5.74, 6) is -0.225. The van der Waals surface area contributed by atoms with Gasteiger partial charge in [0.15, 0.2) is 0 Å². The first-order chi connectivity index (χ1) is 8.78. The van der Waals surface area contributed by atoms with Crippen LogP contribution in [-0.4, -0.2) is 37.9 Å². The fraction of sp³-hybridized carbons (Fsp3) is 0.786. The van der Waals surface area contributed by atoms with Crippen molar-refractivity contribution in [1.82, 2.24) is 5.32 Å². The van der Waals surface area contributed by atoms with Crippen LogP contribution in [0.15, 0.2) is 12.2 Å². The monoisotopic (exact) mass is 253 g/mol. The van der Waals surface area contributed by atoms with E-state index in [0.29, 0.717) is 6.04 Å². The van der Waals surface area contributed by atoms with E-state index in [-0.39, 0.29) is 18.2 Å². The number of nitrogens with one attached hydrogen (secondary N) is 1. The second kappa shape index (κ2) is 6.90. The maximum atomic E-state index is 11.2. The molecule has 0 unspecified atom stereocenters. The average molecular weight is 253 g/mol. The molecule has 4 nitrogen and oxygen atoms in total. The first kappa shape index (κ1) is 13.6. The lowest BCUT2D eigenvalue weighted by molar-refractivity contribution is -0.145. The number of carbonyl (C=O) groups excluding carboxylic acids is 1. The van der Waals surface area contributed by atoms with Crippen LogP contribution in [0.25, 0.3) is 0 Å². The summed E-state index contributed by atoms with van der Waals surface area (Å²) in [5, 5.41) is 3.53. The Morgan fingerprint density at radius 1 is 1.50 bits per heavy atom. The van der Waals surface area contributed by atoms with E-state index in [9.17, 15) is 4.79 Å². The average Bonchev–Trinajstić information content (AvgIpc) is 2.39. The van der Waals surface area contributed by atoms with Crippen molar-refractivity contribution in [2.45, 2.75) is 56.8 Å². The zero-order valence-corrected chi connectivity index (χ0v) is 11.1. The van der Waals surface area contributed by atoms with E-state index in [1.54, 1.807) is 7.11 Å². The van der Waals surface area contributed by atoms with Gasteiger partial charge in [-0.25, -0.2) is 4.79 Å². The lowest BCUT2D eigenvalue weighted by Gasteiger charge is -2.29. The Kier molecular flexibility index (Phi) is 5.20. The maximum absolute atomic E-state index is 11.2. The van der Waals surface area contributed by atoms with Gasteiger partial charge < -0.3 is 14.8 Å². The summed E-state index contributed by atoms with van der Waals surface area (Å²) < 4.78 is 10.8. The van der Waals surface area contributed by atoms with Gasteiger partial charge in [0.05, 0.1) is 6.10 Å². The molecule has 2 rings (SSSR count). The Bertz CT molecular complexity index is 297. The predicted octanol–water partition coefficient (Wildman–Crippen LogP) is 1.80. The van der Waals surface area contributed by atoms with Crippen molar-refractivity contribution in [3.05, 3.63) is 12.2 Å². The molecule has 2 aliphatic rings. The highest BCUT2D eigenvalue weighted by Crippen LogP contribution is 2.20. The van der Waals surface area contributed by atoms with Crippen LogP contribution >= 0.6 is 0 Å². The number of hydrogen-bond acceptors (Lipinski definition) is 4. The number of hydrogen-bond donors (Lipinski definition) is 1. The Morgan fingerprint density at radius 2 is 2.39 bits per heavy atom. The molecule has 18 heavy (non-hydrogen) atoms. The van der Waals surface area contributed by atoms with E-state index in [0.717, 1.165) is 25.8 Å². The van der Waals surface area contributed by atoms with Crippen molar-refractivity contribution < 1.29 is 14.3 Å². The SMILES string of the molecule is CO[C@H](C[C@H]1CCCCN1)C[C@H]1CC=CC(=O)O1. The standard InChI is InChI=1S/C14H23NO3/c1-17-13(9-11-5-2-3-8-15-11)10-12-6-4-7-14(16)18-12/h4,7,11-13,15H,2-3,5-6,8-10H2,1H3/t11-,12-,13-/m1/s1. The second-order valence-electron chi connectivity index (χ2n) is 5.17. The van der Waals surface area contributed by atoms with Gasteiger partial charge in [0.2, 0.25) is 0 Å². The first-order valence-corrected chi connectivity index (χ1v) is 6.91. The number of carbonyl (C=O) groups is 1. The van der Waals surface area contributed by atoms with Gasteiger partial charge in [0, 0.05) is 32.1 Å². The molecule has 102 valence electrons. The molecule has 2 aliphatic heterocycles. The Balaban J connectivity index is 1.77. The Hall–Kier alpha value is -0.870. The van der Waals surface area contributed by atoms with Gasteiger partial charge >= 0.3 is 5.97 Å². The molecule has 0 saturated carbocycles. The van der Waals surface area contributed by atoms with Crippen LogP contribution in [0.1, 0.15) is 38.5 Å². The van der Waals surface area contributed by atoms with Gasteiger partial charge in [0.25, 0.3) is 0 Å². The summed E-state index contributed by atoms with van der Waals surface area (Å²) >= 11 is 0. The molecule has 2 heterocycles. The molecule has 1 fully saturated rings. The molecule has 0 aromatic rings. The highest BCUT2D eigenvalue weighted by atomic mass is 16.5. The van der Waals surface area contributed by atoms with Gasteiger partial charge in [-0.3, -0.25) is 0 Å². The lowest BCUT2D eigenvalue weighted by Crippen LogP contribution is -2.38. The predicted molar refractivity (Wildman–Crippen MR) is 69.3 cm³/mol. The van der Waals surface area contributed by atoms with E-state index in [2.05, 4.69) is 5.32 Å². The topological polar surface area (TPSA) is 47.6 Å². The van der Waals surface area contributed by atoms with Gasteiger partial charge in [0.1, 0.15) is 6.10 Å². The molecular weight excluding hydrogens is 230 g/mol. The largest absolute Gasteiger partial charge is 0.459 e. The van der Waals surface area contributed by atoms with Crippen molar-refractivity contribution >= 4 is 5.97 Å². The summed E-state index contributed by atoms with van der Waals surface area (Å²) in [6, 6.07) is 0.554. The summed E-state index contributed by atoms with van der Waals surface area (Å²) in [4.78, 5) is 11.2. The second-order valence-corrected chi connectivity index (χ2v) is 5.17.